The molecule has 0 aliphatic carbocycles. The fraction of sp³-hybridized carbons (Fsp3) is 0.533. The zero-order valence-corrected chi connectivity index (χ0v) is 12.6. The summed E-state index contributed by atoms with van der Waals surface area (Å²) in [4.78, 5) is 14.7. The minimum absolute atomic E-state index is 0.120. The molecule has 0 aromatic heterocycles. The molecule has 2 heterocycles. The number of hydrogen-bond acceptors (Lipinski definition) is 2. The van der Waals surface area contributed by atoms with E-state index in [9.17, 15) is 9.90 Å². The van der Waals surface area contributed by atoms with Gasteiger partial charge in [-0.2, -0.15) is 0 Å². The van der Waals surface area contributed by atoms with Crippen LogP contribution in [0.25, 0.3) is 0 Å². The number of rotatable bonds is 1. The quantitative estimate of drug-likeness (QED) is 0.863. The van der Waals surface area contributed by atoms with E-state index in [2.05, 4.69) is 15.9 Å². The molecular formula is C15H18BrNO2. The molecule has 2 bridgehead atoms. The molecule has 3 rings (SSSR count). The Labute approximate surface area is 121 Å². The highest BCUT2D eigenvalue weighted by atomic mass is 79.9. The van der Waals surface area contributed by atoms with Gasteiger partial charge >= 0.3 is 0 Å². The normalized spacial score (nSPS) is 29.6. The molecule has 2 aliphatic heterocycles. The molecule has 2 aliphatic rings. The smallest absolute Gasteiger partial charge is 0.254 e. The highest BCUT2D eigenvalue weighted by molar-refractivity contribution is 9.10. The Hall–Kier alpha value is -0.870. The first-order chi connectivity index (χ1) is 9.06. The van der Waals surface area contributed by atoms with Crippen LogP contribution in [0, 0.1) is 6.92 Å². The Morgan fingerprint density at radius 1 is 1.32 bits per heavy atom. The van der Waals surface area contributed by atoms with Crippen LogP contribution in [0.15, 0.2) is 22.7 Å². The van der Waals surface area contributed by atoms with E-state index in [0.717, 1.165) is 41.3 Å². The van der Waals surface area contributed by atoms with E-state index in [1.165, 1.54) is 0 Å². The molecule has 1 aromatic rings. The van der Waals surface area contributed by atoms with E-state index in [1.54, 1.807) is 0 Å². The summed E-state index contributed by atoms with van der Waals surface area (Å²) in [5, 5.41) is 9.80. The number of carbonyl (C=O) groups is 1. The van der Waals surface area contributed by atoms with Gasteiger partial charge in [-0.25, -0.2) is 0 Å². The molecule has 1 N–H and O–H groups in total. The van der Waals surface area contributed by atoms with Gasteiger partial charge in [0.2, 0.25) is 0 Å². The second-order valence-electron chi connectivity index (χ2n) is 5.69. The maximum absolute atomic E-state index is 12.7. The van der Waals surface area contributed by atoms with Crippen molar-refractivity contribution < 1.29 is 9.90 Å². The van der Waals surface area contributed by atoms with Crippen LogP contribution < -0.4 is 0 Å². The number of carbonyl (C=O) groups excluding carboxylic acids is 1. The summed E-state index contributed by atoms with van der Waals surface area (Å²) in [6.07, 6.45) is 3.30. The number of aliphatic hydroxyl groups is 1. The van der Waals surface area contributed by atoms with Gasteiger partial charge in [0.15, 0.2) is 0 Å². The monoisotopic (exact) mass is 323 g/mol. The summed E-state index contributed by atoms with van der Waals surface area (Å²) in [5.41, 5.74) is 1.84. The molecule has 2 unspecified atom stereocenters. The maximum Gasteiger partial charge on any atom is 0.254 e. The lowest BCUT2D eigenvalue weighted by molar-refractivity contribution is 0.0287. The van der Waals surface area contributed by atoms with E-state index in [4.69, 9.17) is 0 Å². The zero-order chi connectivity index (χ0) is 13.6. The molecule has 0 radical (unpaired) electrons. The third kappa shape index (κ3) is 2.32. The first-order valence-corrected chi connectivity index (χ1v) is 7.62. The number of piperidine rings is 1. The third-order valence-electron chi connectivity index (χ3n) is 4.35. The molecule has 0 spiro atoms. The lowest BCUT2D eigenvalue weighted by atomic mass is 9.98. The van der Waals surface area contributed by atoms with Gasteiger partial charge in [0.25, 0.3) is 5.91 Å². The van der Waals surface area contributed by atoms with Crippen molar-refractivity contribution in [2.75, 3.05) is 0 Å². The summed E-state index contributed by atoms with van der Waals surface area (Å²) < 4.78 is 1.03. The molecular weight excluding hydrogens is 306 g/mol. The van der Waals surface area contributed by atoms with Crippen molar-refractivity contribution in [3.63, 3.8) is 0 Å². The van der Waals surface area contributed by atoms with Gasteiger partial charge in [0.1, 0.15) is 0 Å². The fourth-order valence-electron chi connectivity index (χ4n) is 3.41. The predicted octanol–water partition coefficient (Wildman–Crippen LogP) is 2.89. The average Bonchev–Trinajstić information content (AvgIpc) is 2.64. The largest absolute Gasteiger partial charge is 0.393 e. The lowest BCUT2D eigenvalue weighted by Gasteiger charge is -2.37. The molecule has 19 heavy (non-hydrogen) atoms. The number of hydrogen-bond donors (Lipinski definition) is 1. The van der Waals surface area contributed by atoms with Gasteiger partial charge in [-0.1, -0.05) is 15.9 Å². The van der Waals surface area contributed by atoms with Crippen molar-refractivity contribution in [1.29, 1.82) is 0 Å². The van der Waals surface area contributed by atoms with Crippen molar-refractivity contribution in [2.24, 2.45) is 0 Å². The average molecular weight is 324 g/mol. The minimum atomic E-state index is -0.229. The Balaban J connectivity index is 1.86. The molecule has 3 nitrogen and oxygen atoms in total. The van der Waals surface area contributed by atoms with Gasteiger partial charge in [0, 0.05) is 22.1 Å². The van der Waals surface area contributed by atoms with Crippen molar-refractivity contribution in [1.82, 2.24) is 4.90 Å². The Kier molecular flexibility index (Phi) is 3.39. The number of aryl methyl sites for hydroxylation is 1. The molecule has 102 valence electrons. The highest BCUT2D eigenvalue weighted by Gasteiger charge is 2.42. The molecule has 1 aromatic carbocycles. The van der Waals surface area contributed by atoms with Crippen LogP contribution in [-0.2, 0) is 0 Å². The van der Waals surface area contributed by atoms with Crippen LogP contribution in [0.2, 0.25) is 0 Å². The SMILES string of the molecule is Cc1cc(C(=O)N2C3CCC2CC(O)C3)ccc1Br. The van der Waals surface area contributed by atoms with E-state index >= 15 is 0 Å². The van der Waals surface area contributed by atoms with E-state index in [-0.39, 0.29) is 24.1 Å². The van der Waals surface area contributed by atoms with Gasteiger partial charge in [-0.05, 0) is 56.4 Å². The second kappa shape index (κ2) is 4.91. The lowest BCUT2D eigenvalue weighted by Crippen LogP contribution is -2.48. The van der Waals surface area contributed by atoms with E-state index in [0.29, 0.717) is 0 Å². The Morgan fingerprint density at radius 2 is 1.95 bits per heavy atom. The fourth-order valence-corrected chi connectivity index (χ4v) is 3.65. The zero-order valence-electron chi connectivity index (χ0n) is 11.0. The van der Waals surface area contributed by atoms with Crippen LogP contribution in [-0.4, -0.2) is 34.1 Å². The number of benzene rings is 1. The Morgan fingerprint density at radius 3 is 2.53 bits per heavy atom. The molecule has 1 amide bonds. The molecule has 2 saturated heterocycles. The topological polar surface area (TPSA) is 40.5 Å². The van der Waals surface area contributed by atoms with Crippen LogP contribution in [0.3, 0.4) is 0 Å². The van der Waals surface area contributed by atoms with Crippen LogP contribution in [0.4, 0.5) is 0 Å². The van der Waals surface area contributed by atoms with E-state index < -0.39 is 0 Å². The molecule has 4 heteroatoms. The molecule has 2 fully saturated rings. The summed E-state index contributed by atoms with van der Waals surface area (Å²) in [5.74, 6) is 0.120. The number of aliphatic hydroxyl groups excluding tert-OH is 1. The van der Waals surface area contributed by atoms with Crippen molar-refractivity contribution >= 4 is 21.8 Å². The number of halogens is 1. The van der Waals surface area contributed by atoms with Crippen LogP contribution in [0.1, 0.15) is 41.6 Å². The van der Waals surface area contributed by atoms with Gasteiger partial charge in [-0.15, -0.1) is 0 Å². The summed E-state index contributed by atoms with van der Waals surface area (Å²) in [6.45, 7) is 2.00. The molecule has 2 atom stereocenters. The first-order valence-electron chi connectivity index (χ1n) is 6.83. The maximum atomic E-state index is 12.7. The standard InChI is InChI=1S/C15H18BrNO2/c1-9-6-10(2-5-14(9)16)15(19)17-11-3-4-12(17)8-13(18)7-11/h2,5-6,11-13,18H,3-4,7-8H2,1H3. The van der Waals surface area contributed by atoms with Crippen LogP contribution in [0.5, 0.6) is 0 Å². The number of amides is 1. The number of fused-ring (bicyclic) bond motifs is 2. The van der Waals surface area contributed by atoms with Crippen LogP contribution >= 0.6 is 15.9 Å². The predicted molar refractivity (Wildman–Crippen MR) is 77.1 cm³/mol. The minimum Gasteiger partial charge on any atom is -0.393 e. The summed E-state index contributed by atoms with van der Waals surface area (Å²) in [6, 6.07) is 6.21. The summed E-state index contributed by atoms with van der Waals surface area (Å²) in [7, 11) is 0. The first kappa shape index (κ1) is 13.1. The summed E-state index contributed by atoms with van der Waals surface area (Å²) >= 11 is 3.46. The van der Waals surface area contributed by atoms with Crippen molar-refractivity contribution in [3.8, 4) is 0 Å². The highest BCUT2D eigenvalue weighted by Crippen LogP contribution is 2.37. The van der Waals surface area contributed by atoms with Crippen molar-refractivity contribution in [2.45, 2.75) is 50.8 Å². The number of nitrogens with zero attached hydrogens (tertiary/aromatic N) is 1. The van der Waals surface area contributed by atoms with E-state index in [1.807, 2.05) is 30.0 Å². The van der Waals surface area contributed by atoms with Gasteiger partial charge in [-0.3, -0.25) is 4.79 Å². The molecule has 0 saturated carbocycles. The van der Waals surface area contributed by atoms with Crippen molar-refractivity contribution in [3.05, 3.63) is 33.8 Å². The van der Waals surface area contributed by atoms with Gasteiger partial charge in [0.05, 0.1) is 6.10 Å². The van der Waals surface area contributed by atoms with Gasteiger partial charge < -0.3 is 10.0 Å². The second-order valence-corrected chi connectivity index (χ2v) is 6.54. The Bertz CT molecular complexity index is 503. The third-order valence-corrected chi connectivity index (χ3v) is 5.24.